The number of hydrazine groups is 2. The molecule has 1 heterocycles. The predicted molar refractivity (Wildman–Crippen MR) is 84.5 cm³/mol. The first-order chi connectivity index (χ1) is 10.7. The molecular weight excluding hydrogens is 305 g/mol. The van der Waals surface area contributed by atoms with Crippen LogP contribution in [-0.2, 0) is 6.42 Å². The van der Waals surface area contributed by atoms with Crippen molar-refractivity contribution in [3.8, 4) is 0 Å². The Kier molecular flexibility index (Phi) is 6.28. The largest absolute Gasteiger partial charge is 0.377 e. The van der Waals surface area contributed by atoms with Gasteiger partial charge in [0.1, 0.15) is 18.4 Å². The number of hydrogen-bond acceptors (Lipinski definition) is 7. The third-order valence-electron chi connectivity index (χ3n) is 2.77. The number of aliphatic hydroxyl groups is 1. The summed E-state index contributed by atoms with van der Waals surface area (Å²) in [5.41, 5.74) is 10.2. The molecular formula is C14H16FN5OS. The van der Waals surface area contributed by atoms with E-state index in [0.717, 1.165) is 5.56 Å². The Bertz CT molecular complexity index is 608. The van der Waals surface area contributed by atoms with E-state index in [2.05, 4.69) is 39.0 Å². The first-order valence-electron chi connectivity index (χ1n) is 6.49. The normalized spacial score (nSPS) is 13.0. The van der Waals surface area contributed by atoms with Gasteiger partial charge in [-0.15, -0.1) is 12.6 Å². The summed E-state index contributed by atoms with van der Waals surface area (Å²) in [6.45, 7) is 0. The summed E-state index contributed by atoms with van der Waals surface area (Å²) in [5, 5.41) is 11.4. The summed E-state index contributed by atoms with van der Waals surface area (Å²) in [6, 6.07) is 7.65. The summed E-state index contributed by atoms with van der Waals surface area (Å²) in [5.74, 6) is -0.306. The zero-order valence-electron chi connectivity index (χ0n) is 11.6. The van der Waals surface area contributed by atoms with E-state index >= 15 is 0 Å². The van der Waals surface area contributed by atoms with Gasteiger partial charge >= 0.3 is 0 Å². The molecule has 1 unspecified atom stereocenters. The summed E-state index contributed by atoms with van der Waals surface area (Å²) in [6.07, 6.45) is 2.50. The number of thiol groups is 1. The van der Waals surface area contributed by atoms with Crippen molar-refractivity contribution < 1.29 is 9.50 Å². The van der Waals surface area contributed by atoms with E-state index in [-0.39, 0.29) is 5.82 Å². The topological polar surface area (TPSA) is 82.1 Å². The maximum atomic E-state index is 12.8. The van der Waals surface area contributed by atoms with Gasteiger partial charge in [0.2, 0.25) is 0 Å². The molecule has 0 aliphatic rings. The molecule has 8 heteroatoms. The van der Waals surface area contributed by atoms with Crippen LogP contribution >= 0.6 is 12.6 Å². The van der Waals surface area contributed by atoms with Gasteiger partial charge < -0.3 is 10.5 Å². The molecule has 4 N–H and O–H groups in total. The van der Waals surface area contributed by atoms with Crippen LogP contribution in [0.25, 0.3) is 5.70 Å². The number of hydrogen-bond donors (Lipinski definition) is 5. The van der Waals surface area contributed by atoms with Crippen LogP contribution in [0.15, 0.2) is 48.3 Å². The average molecular weight is 321 g/mol. The fourth-order valence-corrected chi connectivity index (χ4v) is 1.89. The number of halogens is 1. The zero-order chi connectivity index (χ0) is 15.8. The van der Waals surface area contributed by atoms with Gasteiger partial charge in [0.05, 0.1) is 11.4 Å². The van der Waals surface area contributed by atoms with Crippen LogP contribution in [0, 0.1) is 5.82 Å². The molecule has 116 valence electrons. The van der Waals surface area contributed by atoms with Crippen molar-refractivity contribution in [1.82, 2.24) is 26.4 Å². The molecule has 0 saturated carbocycles. The minimum atomic E-state index is -0.857. The highest BCUT2D eigenvalue weighted by Crippen LogP contribution is 2.07. The quantitative estimate of drug-likeness (QED) is 0.297. The van der Waals surface area contributed by atoms with Crippen LogP contribution in [0.1, 0.15) is 11.3 Å². The third kappa shape index (κ3) is 5.08. The fourth-order valence-electron chi connectivity index (χ4n) is 1.69. The maximum Gasteiger partial charge on any atom is 0.123 e. The Morgan fingerprint density at radius 2 is 2.09 bits per heavy atom. The Hall–Kier alpha value is -2.00. The lowest BCUT2D eigenvalue weighted by atomic mass is 10.1. The number of rotatable bonds is 7. The maximum absolute atomic E-state index is 12.8. The monoisotopic (exact) mass is 321 g/mol. The van der Waals surface area contributed by atoms with Gasteiger partial charge in [-0.25, -0.2) is 19.8 Å². The van der Waals surface area contributed by atoms with E-state index in [4.69, 9.17) is 0 Å². The molecule has 1 aromatic heterocycles. The van der Waals surface area contributed by atoms with Crippen molar-refractivity contribution in [1.29, 1.82) is 0 Å². The minimum Gasteiger partial charge on any atom is -0.377 e. The molecule has 2 rings (SSSR count). The molecule has 0 spiro atoms. The molecule has 0 saturated heterocycles. The SMILES string of the molecule is OC(Cc1ccc(F)cc1)NNN/C(=C\S)c1ccncn1. The molecule has 0 aliphatic heterocycles. The molecule has 0 radical (unpaired) electrons. The molecule has 0 bridgehead atoms. The van der Waals surface area contributed by atoms with E-state index in [0.29, 0.717) is 17.8 Å². The third-order valence-corrected chi connectivity index (χ3v) is 3.02. The van der Waals surface area contributed by atoms with Crippen molar-refractivity contribution in [2.24, 2.45) is 0 Å². The minimum absolute atomic E-state index is 0.306. The fraction of sp³-hybridized carbons (Fsp3) is 0.143. The average Bonchev–Trinajstić information content (AvgIpc) is 2.54. The highest BCUT2D eigenvalue weighted by Gasteiger charge is 2.06. The van der Waals surface area contributed by atoms with E-state index in [1.165, 1.54) is 23.9 Å². The van der Waals surface area contributed by atoms with Crippen LogP contribution in [-0.4, -0.2) is 21.3 Å². The molecule has 0 amide bonds. The smallest absolute Gasteiger partial charge is 0.123 e. The summed E-state index contributed by atoms with van der Waals surface area (Å²) in [7, 11) is 0. The molecule has 22 heavy (non-hydrogen) atoms. The Morgan fingerprint density at radius 3 is 2.73 bits per heavy atom. The predicted octanol–water partition coefficient (Wildman–Crippen LogP) is 1.00. The highest BCUT2D eigenvalue weighted by atomic mass is 32.1. The van der Waals surface area contributed by atoms with Gasteiger partial charge in [-0.1, -0.05) is 12.1 Å². The first kappa shape index (κ1) is 16.4. The lowest BCUT2D eigenvalue weighted by Gasteiger charge is -2.16. The van der Waals surface area contributed by atoms with Crippen LogP contribution in [0.2, 0.25) is 0 Å². The van der Waals surface area contributed by atoms with E-state index < -0.39 is 6.23 Å². The van der Waals surface area contributed by atoms with Gasteiger partial charge in [0.15, 0.2) is 0 Å². The van der Waals surface area contributed by atoms with Crippen molar-refractivity contribution in [3.63, 3.8) is 0 Å². The lowest BCUT2D eigenvalue weighted by molar-refractivity contribution is 0.115. The van der Waals surface area contributed by atoms with Crippen LogP contribution in [0.4, 0.5) is 4.39 Å². The summed E-state index contributed by atoms with van der Waals surface area (Å²) < 4.78 is 12.8. The standard InChI is InChI=1S/C14H16FN5OS/c15-11-3-1-10(2-4-11)7-14(21)19-20-18-13(8-22)12-5-6-16-9-17-12/h1-6,8-9,14,18-22H,7H2/b13-8-. The zero-order valence-corrected chi connectivity index (χ0v) is 12.5. The molecule has 1 aromatic carbocycles. The van der Waals surface area contributed by atoms with Crippen LogP contribution in [0.3, 0.4) is 0 Å². The summed E-state index contributed by atoms with van der Waals surface area (Å²) in [4.78, 5) is 7.90. The van der Waals surface area contributed by atoms with Crippen LogP contribution in [0.5, 0.6) is 0 Å². The van der Waals surface area contributed by atoms with Gasteiger partial charge in [0.25, 0.3) is 0 Å². The van der Waals surface area contributed by atoms with Gasteiger partial charge in [-0.3, -0.25) is 0 Å². The number of nitrogens with zero attached hydrogens (tertiary/aromatic N) is 2. The second kappa shape index (κ2) is 8.44. The number of nitrogens with one attached hydrogen (secondary N) is 3. The van der Waals surface area contributed by atoms with Crippen molar-refractivity contribution >= 4 is 18.3 Å². The summed E-state index contributed by atoms with van der Waals surface area (Å²) >= 11 is 4.09. The number of aromatic nitrogens is 2. The van der Waals surface area contributed by atoms with Gasteiger partial charge in [-0.2, -0.15) is 5.53 Å². The molecule has 1 atom stereocenters. The Balaban J connectivity index is 1.79. The first-order valence-corrected chi connectivity index (χ1v) is 7.00. The van der Waals surface area contributed by atoms with Gasteiger partial charge in [0, 0.05) is 12.6 Å². The number of benzene rings is 1. The molecule has 0 fully saturated rings. The lowest BCUT2D eigenvalue weighted by Crippen LogP contribution is -2.48. The molecule has 2 aromatic rings. The van der Waals surface area contributed by atoms with Crippen molar-refractivity contribution in [2.45, 2.75) is 12.6 Å². The van der Waals surface area contributed by atoms with E-state index in [1.807, 2.05) is 0 Å². The van der Waals surface area contributed by atoms with E-state index in [1.54, 1.807) is 24.4 Å². The van der Waals surface area contributed by atoms with Crippen molar-refractivity contribution in [2.75, 3.05) is 0 Å². The second-order valence-electron chi connectivity index (χ2n) is 4.38. The Labute approximate surface area is 132 Å². The van der Waals surface area contributed by atoms with E-state index in [9.17, 15) is 9.50 Å². The van der Waals surface area contributed by atoms with Crippen molar-refractivity contribution in [3.05, 3.63) is 65.3 Å². The van der Waals surface area contributed by atoms with Crippen LogP contribution < -0.4 is 16.4 Å². The number of aliphatic hydroxyl groups excluding tert-OH is 1. The highest BCUT2D eigenvalue weighted by molar-refractivity contribution is 7.83. The second-order valence-corrected chi connectivity index (χ2v) is 4.64. The Morgan fingerprint density at radius 1 is 1.32 bits per heavy atom. The molecule has 6 nitrogen and oxygen atoms in total. The van der Waals surface area contributed by atoms with Gasteiger partial charge in [-0.05, 0) is 29.2 Å². The molecule has 0 aliphatic carbocycles.